The summed E-state index contributed by atoms with van der Waals surface area (Å²) in [5.74, 6) is -0.165. The van der Waals surface area contributed by atoms with Crippen LogP contribution in [0.3, 0.4) is 0 Å². The first-order valence-corrected chi connectivity index (χ1v) is 12.1. The molecule has 4 aromatic rings. The first-order valence-electron chi connectivity index (χ1n) is 10.4. The van der Waals surface area contributed by atoms with Crippen LogP contribution in [-0.2, 0) is 4.79 Å². The molecule has 0 atom stereocenters. The summed E-state index contributed by atoms with van der Waals surface area (Å²) in [4.78, 5) is 17.4. The number of para-hydroxylation sites is 1. The van der Waals surface area contributed by atoms with E-state index in [0.717, 1.165) is 27.9 Å². The molecule has 0 spiro atoms. The van der Waals surface area contributed by atoms with Gasteiger partial charge in [0.05, 0.1) is 27.7 Å². The number of aryl methyl sites for hydroxylation is 1. The molecule has 1 aromatic heterocycles. The van der Waals surface area contributed by atoms with E-state index in [1.807, 2.05) is 49.4 Å². The maximum atomic E-state index is 12.6. The molecule has 0 unspecified atom stereocenters. The molecule has 0 saturated heterocycles. The van der Waals surface area contributed by atoms with Gasteiger partial charge in [-0.2, -0.15) is 5.26 Å². The SMILES string of the molecule is Cc1ccc(-c2cc(-c3ccc(Cl)cc3)c(C#N)c(SCC(=O)Nc3ccccc3Cl)n2)cc1. The molecule has 0 fully saturated rings. The summed E-state index contributed by atoms with van der Waals surface area (Å²) in [5, 5.41) is 14.4. The number of pyridine rings is 1. The number of thioether (sulfide) groups is 1. The highest BCUT2D eigenvalue weighted by Gasteiger charge is 2.17. The van der Waals surface area contributed by atoms with Crippen LogP contribution in [-0.4, -0.2) is 16.6 Å². The molecule has 0 aliphatic heterocycles. The lowest BCUT2D eigenvalue weighted by atomic mass is 9.99. The molecule has 0 aliphatic carbocycles. The summed E-state index contributed by atoms with van der Waals surface area (Å²) in [6.07, 6.45) is 0. The highest BCUT2D eigenvalue weighted by Crippen LogP contribution is 2.35. The minimum Gasteiger partial charge on any atom is -0.324 e. The maximum absolute atomic E-state index is 12.6. The zero-order chi connectivity index (χ0) is 24.1. The monoisotopic (exact) mass is 503 g/mol. The van der Waals surface area contributed by atoms with Gasteiger partial charge in [-0.3, -0.25) is 4.79 Å². The van der Waals surface area contributed by atoms with E-state index < -0.39 is 0 Å². The van der Waals surface area contributed by atoms with Gasteiger partial charge in [0.25, 0.3) is 0 Å². The quantitative estimate of drug-likeness (QED) is 0.274. The van der Waals surface area contributed by atoms with E-state index in [-0.39, 0.29) is 11.7 Å². The summed E-state index contributed by atoms with van der Waals surface area (Å²) < 4.78 is 0. The molecule has 1 N–H and O–H groups in total. The molecule has 4 nitrogen and oxygen atoms in total. The van der Waals surface area contributed by atoms with Crippen molar-refractivity contribution < 1.29 is 4.79 Å². The van der Waals surface area contributed by atoms with Crippen LogP contribution in [0.25, 0.3) is 22.4 Å². The van der Waals surface area contributed by atoms with Crippen LogP contribution in [0.5, 0.6) is 0 Å². The van der Waals surface area contributed by atoms with Crippen molar-refractivity contribution in [3.8, 4) is 28.5 Å². The van der Waals surface area contributed by atoms with Crippen LogP contribution < -0.4 is 5.32 Å². The van der Waals surface area contributed by atoms with E-state index >= 15 is 0 Å². The first-order chi connectivity index (χ1) is 16.4. The van der Waals surface area contributed by atoms with Crippen LogP contribution in [0.2, 0.25) is 10.0 Å². The number of halogens is 2. The number of anilines is 1. The second-order valence-electron chi connectivity index (χ2n) is 7.54. The van der Waals surface area contributed by atoms with Gasteiger partial charge in [-0.25, -0.2) is 4.98 Å². The molecular weight excluding hydrogens is 485 g/mol. The van der Waals surface area contributed by atoms with Crippen molar-refractivity contribution in [2.24, 2.45) is 0 Å². The van der Waals surface area contributed by atoms with E-state index in [1.165, 1.54) is 11.8 Å². The van der Waals surface area contributed by atoms with Gasteiger partial charge in [0.2, 0.25) is 5.91 Å². The van der Waals surface area contributed by atoms with Crippen molar-refractivity contribution in [1.82, 2.24) is 4.98 Å². The topological polar surface area (TPSA) is 65.8 Å². The largest absolute Gasteiger partial charge is 0.324 e. The molecule has 4 rings (SSSR count). The van der Waals surface area contributed by atoms with Crippen molar-refractivity contribution in [3.63, 3.8) is 0 Å². The molecule has 0 radical (unpaired) electrons. The number of benzene rings is 3. The molecule has 168 valence electrons. The van der Waals surface area contributed by atoms with E-state index in [4.69, 9.17) is 28.2 Å². The molecule has 1 heterocycles. The van der Waals surface area contributed by atoms with Crippen molar-refractivity contribution in [2.45, 2.75) is 11.9 Å². The number of aromatic nitrogens is 1. The Bertz CT molecular complexity index is 1380. The Morgan fingerprint density at radius 2 is 1.68 bits per heavy atom. The third-order valence-corrected chi connectivity index (χ3v) is 6.65. The van der Waals surface area contributed by atoms with E-state index in [0.29, 0.717) is 26.3 Å². The van der Waals surface area contributed by atoms with Gasteiger partial charge in [-0.1, -0.05) is 89.1 Å². The Morgan fingerprint density at radius 3 is 2.35 bits per heavy atom. The number of rotatable bonds is 6. The average molecular weight is 504 g/mol. The number of nitrogens with one attached hydrogen (secondary N) is 1. The Kier molecular flexibility index (Phi) is 7.54. The third-order valence-electron chi connectivity index (χ3n) is 5.09. The number of hydrogen-bond donors (Lipinski definition) is 1. The summed E-state index contributed by atoms with van der Waals surface area (Å²) in [6.45, 7) is 2.02. The normalized spacial score (nSPS) is 10.5. The summed E-state index contributed by atoms with van der Waals surface area (Å²) >= 11 is 13.4. The molecule has 0 saturated carbocycles. The molecule has 0 bridgehead atoms. The second kappa shape index (κ2) is 10.8. The zero-order valence-electron chi connectivity index (χ0n) is 18.2. The lowest BCUT2D eigenvalue weighted by Crippen LogP contribution is -2.14. The van der Waals surface area contributed by atoms with Gasteiger partial charge in [-0.05, 0) is 42.8 Å². The first kappa shape index (κ1) is 23.8. The fourth-order valence-corrected chi connectivity index (χ4v) is 4.46. The molecule has 34 heavy (non-hydrogen) atoms. The van der Waals surface area contributed by atoms with Gasteiger partial charge in [-0.15, -0.1) is 0 Å². The molecule has 3 aromatic carbocycles. The van der Waals surface area contributed by atoms with E-state index in [1.54, 1.807) is 36.4 Å². The number of nitriles is 1. The van der Waals surface area contributed by atoms with E-state index in [2.05, 4.69) is 11.4 Å². The summed E-state index contributed by atoms with van der Waals surface area (Å²) in [6, 6.07) is 26.6. The number of hydrogen-bond acceptors (Lipinski definition) is 4. The second-order valence-corrected chi connectivity index (χ2v) is 9.34. The van der Waals surface area contributed by atoms with Crippen molar-refractivity contribution in [2.75, 3.05) is 11.1 Å². The van der Waals surface area contributed by atoms with Gasteiger partial charge in [0.1, 0.15) is 11.1 Å². The van der Waals surface area contributed by atoms with Crippen molar-refractivity contribution in [1.29, 1.82) is 5.26 Å². The highest BCUT2D eigenvalue weighted by molar-refractivity contribution is 8.00. The Hall–Kier alpha value is -3.30. The smallest absolute Gasteiger partial charge is 0.234 e. The number of amides is 1. The fraction of sp³-hybridized carbons (Fsp3) is 0.0741. The molecule has 7 heteroatoms. The Labute approximate surface area is 212 Å². The molecule has 1 amide bonds. The number of carbonyl (C=O) groups is 1. The van der Waals surface area contributed by atoms with Gasteiger partial charge >= 0.3 is 0 Å². The predicted molar refractivity (Wildman–Crippen MR) is 140 cm³/mol. The minimum atomic E-state index is -0.238. The Morgan fingerprint density at radius 1 is 1.00 bits per heavy atom. The van der Waals surface area contributed by atoms with Gasteiger partial charge < -0.3 is 5.32 Å². The predicted octanol–water partition coefficient (Wildman–Crippen LogP) is 7.63. The van der Waals surface area contributed by atoms with Crippen LogP contribution in [0.4, 0.5) is 5.69 Å². The van der Waals surface area contributed by atoms with Crippen LogP contribution in [0, 0.1) is 18.3 Å². The van der Waals surface area contributed by atoms with Crippen LogP contribution in [0.15, 0.2) is 83.9 Å². The van der Waals surface area contributed by atoms with Gasteiger partial charge in [0, 0.05) is 16.1 Å². The standard InChI is InChI=1S/C27H19Cl2N3OS/c1-17-6-8-19(9-7-17)25-14-21(18-10-12-20(28)13-11-18)22(15-30)27(32-25)34-16-26(33)31-24-5-3-2-4-23(24)29/h2-14H,16H2,1H3,(H,31,33). The lowest BCUT2D eigenvalue weighted by Gasteiger charge is -2.13. The van der Waals surface area contributed by atoms with E-state index in [9.17, 15) is 10.1 Å². The van der Waals surface area contributed by atoms with Crippen molar-refractivity contribution >= 4 is 46.6 Å². The molecular formula is C27H19Cl2N3OS. The minimum absolute atomic E-state index is 0.0737. The number of carbonyl (C=O) groups excluding carboxylic acids is 1. The molecule has 0 aliphatic rings. The summed E-state index contributed by atoms with van der Waals surface area (Å²) in [7, 11) is 0. The lowest BCUT2D eigenvalue weighted by molar-refractivity contribution is -0.113. The average Bonchev–Trinajstić information content (AvgIpc) is 2.84. The number of nitrogens with zero attached hydrogens (tertiary/aromatic N) is 2. The highest BCUT2D eigenvalue weighted by atomic mass is 35.5. The third kappa shape index (κ3) is 5.60. The maximum Gasteiger partial charge on any atom is 0.234 e. The Balaban J connectivity index is 1.70. The van der Waals surface area contributed by atoms with Crippen LogP contribution >= 0.6 is 35.0 Å². The van der Waals surface area contributed by atoms with Gasteiger partial charge in [0.15, 0.2) is 0 Å². The van der Waals surface area contributed by atoms with Crippen molar-refractivity contribution in [3.05, 3.63) is 100 Å². The van der Waals surface area contributed by atoms with Crippen LogP contribution in [0.1, 0.15) is 11.1 Å². The fourth-order valence-electron chi connectivity index (χ4n) is 3.35. The zero-order valence-corrected chi connectivity index (χ0v) is 20.5. The summed E-state index contributed by atoms with van der Waals surface area (Å²) in [5.41, 5.74) is 5.32.